The van der Waals surface area contributed by atoms with Crippen molar-refractivity contribution in [3.63, 3.8) is 0 Å². The zero-order valence-electron chi connectivity index (χ0n) is 11.7. The molecule has 1 aliphatic heterocycles. The van der Waals surface area contributed by atoms with Crippen LogP contribution in [0, 0.1) is 18.2 Å². The molecule has 2 rings (SSSR count). The molecular weight excluding hydrogens is 243 g/mol. The maximum absolute atomic E-state index is 13.7. The summed E-state index contributed by atoms with van der Waals surface area (Å²) in [5.41, 5.74) is 0.981. The van der Waals surface area contributed by atoms with Gasteiger partial charge < -0.3 is 10.6 Å². The van der Waals surface area contributed by atoms with Crippen LogP contribution in [0.15, 0.2) is 18.2 Å². The second kappa shape index (κ2) is 5.29. The lowest BCUT2D eigenvalue weighted by Gasteiger charge is -2.38. The molecule has 104 valence electrons. The lowest BCUT2D eigenvalue weighted by Crippen LogP contribution is -2.53. The van der Waals surface area contributed by atoms with Gasteiger partial charge in [-0.2, -0.15) is 0 Å². The van der Waals surface area contributed by atoms with Gasteiger partial charge in [-0.05, 0) is 49.4 Å². The van der Waals surface area contributed by atoms with E-state index in [9.17, 15) is 9.18 Å². The molecule has 1 amide bonds. The van der Waals surface area contributed by atoms with Crippen molar-refractivity contribution in [2.24, 2.45) is 5.41 Å². The Bertz CT molecular complexity index is 485. The van der Waals surface area contributed by atoms with Gasteiger partial charge in [-0.3, -0.25) is 4.79 Å². The molecule has 1 aromatic carbocycles. The van der Waals surface area contributed by atoms with E-state index >= 15 is 0 Å². The molecule has 0 aromatic heterocycles. The number of benzene rings is 1. The van der Waals surface area contributed by atoms with Gasteiger partial charge in [-0.15, -0.1) is 0 Å². The third kappa shape index (κ3) is 3.13. The molecule has 1 atom stereocenters. The standard InChI is InChI=1S/C15H21FN2O/c1-10-5-6-12(11(16)9-10)18-14(19)13-15(2,3)7-4-8-17-13/h5-6,9,13,17H,4,7-8H2,1-3H3,(H,18,19). The quantitative estimate of drug-likeness (QED) is 0.862. The number of amides is 1. The van der Waals surface area contributed by atoms with Crippen molar-refractivity contribution in [3.8, 4) is 0 Å². The Morgan fingerprint density at radius 3 is 2.84 bits per heavy atom. The number of piperidine rings is 1. The highest BCUT2D eigenvalue weighted by molar-refractivity contribution is 5.95. The largest absolute Gasteiger partial charge is 0.322 e. The Morgan fingerprint density at radius 2 is 2.21 bits per heavy atom. The summed E-state index contributed by atoms with van der Waals surface area (Å²) < 4.78 is 13.7. The fourth-order valence-corrected chi connectivity index (χ4v) is 2.59. The highest BCUT2D eigenvalue weighted by Gasteiger charge is 2.37. The summed E-state index contributed by atoms with van der Waals surface area (Å²) in [6, 6.07) is 4.55. The first-order chi connectivity index (χ1) is 8.90. The topological polar surface area (TPSA) is 41.1 Å². The van der Waals surface area contributed by atoms with Crippen molar-refractivity contribution in [2.45, 2.75) is 39.7 Å². The van der Waals surface area contributed by atoms with Crippen LogP contribution in [0.1, 0.15) is 32.3 Å². The number of rotatable bonds is 2. The molecule has 0 spiro atoms. The average molecular weight is 264 g/mol. The Balaban J connectivity index is 2.12. The van der Waals surface area contributed by atoms with Crippen LogP contribution in [0.4, 0.5) is 10.1 Å². The lowest BCUT2D eigenvalue weighted by molar-refractivity contribution is -0.121. The van der Waals surface area contributed by atoms with Crippen LogP contribution in [0.2, 0.25) is 0 Å². The maximum atomic E-state index is 13.7. The van der Waals surface area contributed by atoms with Crippen LogP contribution in [0.25, 0.3) is 0 Å². The van der Waals surface area contributed by atoms with Gasteiger partial charge in [0, 0.05) is 0 Å². The van der Waals surface area contributed by atoms with Crippen LogP contribution >= 0.6 is 0 Å². The van der Waals surface area contributed by atoms with E-state index in [1.807, 2.05) is 6.92 Å². The molecule has 0 radical (unpaired) electrons. The van der Waals surface area contributed by atoms with Gasteiger partial charge >= 0.3 is 0 Å². The summed E-state index contributed by atoms with van der Waals surface area (Å²) in [4.78, 5) is 12.3. The fraction of sp³-hybridized carbons (Fsp3) is 0.533. The minimum absolute atomic E-state index is 0.108. The molecule has 1 aliphatic rings. The number of anilines is 1. The van der Waals surface area contributed by atoms with Gasteiger partial charge in [0.1, 0.15) is 5.82 Å². The molecule has 1 saturated heterocycles. The van der Waals surface area contributed by atoms with Crippen molar-refractivity contribution in [3.05, 3.63) is 29.6 Å². The van der Waals surface area contributed by atoms with Gasteiger partial charge in [0.25, 0.3) is 0 Å². The number of carbonyl (C=O) groups is 1. The lowest BCUT2D eigenvalue weighted by atomic mass is 9.77. The molecule has 2 N–H and O–H groups in total. The zero-order chi connectivity index (χ0) is 14.0. The van der Waals surface area contributed by atoms with E-state index in [1.165, 1.54) is 6.07 Å². The van der Waals surface area contributed by atoms with Gasteiger partial charge in [-0.1, -0.05) is 19.9 Å². The number of hydrogen-bond acceptors (Lipinski definition) is 2. The second-order valence-corrected chi connectivity index (χ2v) is 5.95. The van der Waals surface area contributed by atoms with Gasteiger partial charge in [0.15, 0.2) is 0 Å². The summed E-state index contributed by atoms with van der Waals surface area (Å²) >= 11 is 0. The number of aryl methyl sites for hydroxylation is 1. The Labute approximate surface area is 113 Å². The van der Waals surface area contributed by atoms with Crippen LogP contribution in [-0.2, 0) is 4.79 Å². The molecule has 3 nitrogen and oxygen atoms in total. The molecular formula is C15H21FN2O. The Hall–Kier alpha value is -1.42. The van der Waals surface area contributed by atoms with Crippen molar-refractivity contribution in [2.75, 3.05) is 11.9 Å². The van der Waals surface area contributed by atoms with Gasteiger partial charge in [0.2, 0.25) is 5.91 Å². The highest BCUT2D eigenvalue weighted by atomic mass is 19.1. The van der Waals surface area contributed by atoms with Crippen LogP contribution in [0.5, 0.6) is 0 Å². The van der Waals surface area contributed by atoms with E-state index in [4.69, 9.17) is 0 Å². The van der Waals surface area contributed by atoms with E-state index in [0.29, 0.717) is 0 Å². The van der Waals surface area contributed by atoms with Gasteiger partial charge in [0.05, 0.1) is 11.7 Å². The monoisotopic (exact) mass is 264 g/mol. The number of hydrogen-bond donors (Lipinski definition) is 2. The highest BCUT2D eigenvalue weighted by Crippen LogP contribution is 2.31. The minimum Gasteiger partial charge on any atom is -0.322 e. The molecule has 0 aliphatic carbocycles. The molecule has 1 heterocycles. The van der Waals surface area contributed by atoms with Gasteiger partial charge in [-0.25, -0.2) is 4.39 Å². The number of carbonyl (C=O) groups excluding carboxylic acids is 1. The molecule has 1 aromatic rings. The average Bonchev–Trinajstić information content (AvgIpc) is 2.32. The smallest absolute Gasteiger partial charge is 0.242 e. The fourth-order valence-electron chi connectivity index (χ4n) is 2.59. The third-order valence-corrected chi connectivity index (χ3v) is 3.77. The van der Waals surface area contributed by atoms with E-state index in [2.05, 4.69) is 24.5 Å². The molecule has 1 fully saturated rings. The minimum atomic E-state index is -0.387. The normalized spacial score (nSPS) is 22.0. The van der Waals surface area contributed by atoms with Crippen molar-refractivity contribution >= 4 is 11.6 Å². The molecule has 4 heteroatoms. The van der Waals surface area contributed by atoms with Crippen LogP contribution in [-0.4, -0.2) is 18.5 Å². The molecule has 0 saturated carbocycles. The van der Waals surface area contributed by atoms with Crippen molar-refractivity contribution in [1.82, 2.24) is 5.32 Å². The molecule has 1 unspecified atom stereocenters. The second-order valence-electron chi connectivity index (χ2n) is 5.95. The first-order valence-electron chi connectivity index (χ1n) is 6.70. The zero-order valence-corrected chi connectivity index (χ0v) is 11.7. The van der Waals surface area contributed by atoms with Crippen LogP contribution in [0.3, 0.4) is 0 Å². The van der Waals surface area contributed by atoms with E-state index < -0.39 is 0 Å². The summed E-state index contributed by atoms with van der Waals surface area (Å²) in [5, 5.41) is 5.91. The summed E-state index contributed by atoms with van der Waals surface area (Å²) in [6.07, 6.45) is 2.06. The summed E-state index contributed by atoms with van der Waals surface area (Å²) in [6.45, 7) is 6.78. The SMILES string of the molecule is Cc1ccc(NC(=O)C2NCCCC2(C)C)c(F)c1. The van der Waals surface area contributed by atoms with Crippen molar-refractivity contribution in [1.29, 1.82) is 0 Å². The van der Waals surface area contributed by atoms with Crippen LogP contribution < -0.4 is 10.6 Å². The van der Waals surface area contributed by atoms with E-state index in [0.717, 1.165) is 24.9 Å². The predicted octanol–water partition coefficient (Wildman–Crippen LogP) is 2.85. The first-order valence-corrected chi connectivity index (χ1v) is 6.70. The molecule has 19 heavy (non-hydrogen) atoms. The van der Waals surface area contributed by atoms with E-state index in [-0.39, 0.29) is 28.9 Å². The predicted molar refractivity (Wildman–Crippen MR) is 74.6 cm³/mol. The Kier molecular flexibility index (Phi) is 3.90. The Morgan fingerprint density at radius 1 is 1.47 bits per heavy atom. The molecule has 0 bridgehead atoms. The third-order valence-electron chi connectivity index (χ3n) is 3.77. The first kappa shape index (κ1) is 14.0. The number of nitrogens with one attached hydrogen (secondary N) is 2. The van der Waals surface area contributed by atoms with Crippen molar-refractivity contribution < 1.29 is 9.18 Å². The van der Waals surface area contributed by atoms with E-state index in [1.54, 1.807) is 12.1 Å². The summed E-state index contributed by atoms with van der Waals surface area (Å²) in [7, 11) is 0. The summed E-state index contributed by atoms with van der Waals surface area (Å²) in [5.74, 6) is -0.547. The number of halogens is 1. The maximum Gasteiger partial charge on any atom is 0.242 e.